The van der Waals surface area contributed by atoms with Crippen LogP contribution in [0.25, 0.3) is 0 Å². The van der Waals surface area contributed by atoms with Gasteiger partial charge in [0.05, 0.1) is 23.4 Å². The smallest absolute Gasteiger partial charge is 0.266 e. The first-order chi connectivity index (χ1) is 18.5. The van der Waals surface area contributed by atoms with Crippen molar-refractivity contribution in [3.63, 3.8) is 0 Å². The topological polar surface area (TPSA) is 91.6 Å². The van der Waals surface area contributed by atoms with Crippen LogP contribution in [-0.2, 0) is 17.4 Å². The first kappa shape index (κ1) is 26.9. The van der Waals surface area contributed by atoms with Gasteiger partial charge in [-0.3, -0.25) is 14.6 Å². The van der Waals surface area contributed by atoms with Gasteiger partial charge < -0.3 is 14.9 Å². The van der Waals surface area contributed by atoms with Crippen molar-refractivity contribution in [1.82, 2.24) is 19.7 Å². The van der Waals surface area contributed by atoms with E-state index in [-0.39, 0.29) is 55.2 Å². The van der Waals surface area contributed by atoms with Crippen molar-refractivity contribution in [3.05, 3.63) is 87.7 Å². The predicted molar refractivity (Wildman–Crippen MR) is 137 cm³/mol. The summed E-state index contributed by atoms with van der Waals surface area (Å²) in [6.07, 6.45) is 0.931. The van der Waals surface area contributed by atoms with Crippen molar-refractivity contribution in [3.8, 4) is 0 Å². The molecule has 2 saturated heterocycles. The number of aliphatic hydroxyl groups is 1. The fraction of sp³-hybridized carbons (Fsp3) is 0.429. The number of carbonyl (C=O) groups is 1. The van der Waals surface area contributed by atoms with E-state index in [0.29, 0.717) is 11.4 Å². The molecule has 0 radical (unpaired) electrons. The Morgan fingerprint density at radius 3 is 2.26 bits per heavy atom. The minimum Gasteiger partial charge on any atom is -0.384 e. The van der Waals surface area contributed by atoms with Crippen LogP contribution in [-0.4, -0.2) is 56.9 Å². The third-order valence-electron chi connectivity index (χ3n) is 8.20. The highest BCUT2D eigenvalue weighted by atomic mass is 19.1. The van der Waals surface area contributed by atoms with Crippen molar-refractivity contribution >= 4 is 11.7 Å². The van der Waals surface area contributed by atoms with Gasteiger partial charge in [-0.05, 0) is 23.8 Å². The molecule has 0 spiro atoms. The van der Waals surface area contributed by atoms with Crippen LogP contribution in [0.3, 0.4) is 0 Å². The van der Waals surface area contributed by atoms with E-state index in [1.165, 1.54) is 29.9 Å². The Morgan fingerprint density at radius 2 is 1.64 bits per heavy atom. The zero-order valence-corrected chi connectivity index (χ0v) is 21.9. The minimum absolute atomic E-state index is 0.0111. The Balaban J connectivity index is 1.44. The molecule has 5 rings (SSSR count). The largest absolute Gasteiger partial charge is 0.384 e. The van der Waals surface area contributed by atoms with Gasteiger partial charge in [-0.1, -0.05) is 26.0 Å². The van der Waals surface area contributed by atoms with Crippen LogP contribution in [0.2, 0.25) is 0 Å². The molecule has 2 aromatic heterocycles. The van der Waals surface area contributed by atoms with Gasteiger partial charge in [-0.2, -0.15) is 5.10 Å². The van der Waals surface area contributed by atoms with Crippen molar-refractivity contribution in [2.75, 3.05) is 31.1 Å². The normalized spacial score (nSPS) is 27.2. The molecule has 2 aliphatic heterocycles. The lowest BCUT2D eigenvalue weighted by Crippen LogP contribution is -2.57. The van der Waals surface area contributed by atoms with Crippen LogP contribution in [0.5, 0.6) is 0 Å². The van der Waals surface area contributed by atoms with E-state index in [4.69, 9.17) is 0 Å². The van der Waals surface area contributed by atoms with E-state index in [1.54, 1.807) is 28.0 Å². The Bertz CT molecular complexity index is 1440. The van der Waals surface area contributed by atoms with Crippen LogP contribution in [0.15, 0.2) is 53.5 Å². The molecule has 1 amide bonds. The summed E-state index contributed by atoms with van der Waals surface area (Å²) in [4.78, 5) is 33.3. The van der Waals surface area contributed by atoms with Gasteiger partial charge >= 0.3 is 0 Å². The van der Waals surface area contributed by atoms with E-state index in [1.807, 2.05) is 13.8 Å². The summed E-state index contributed by atoms with van der Waals surface area (Å²) in [6.45, 7) is 4.53. The van der Waals surface area contributed by atoms with Crippen LogP contribution in [0.4, 0.5) is 19.0 Å². The van der Waals surface area contributed by atoms with Gasteiger partial charge in [0.25, 0.3) is 5.56 Å². The number of piperidine rings is 1. The Labute approximate surface area is 223 Å². The quantitative estimate of drug-likeness (QED) is 0.547. The monoisotopic (exact) mass is 541 g/mol. The summed E-state index contributed by atoms with van der Waals surface area (Å²) < 4.78 is 43.3. The van der Waals surface area contributed by atoms with Crippen LogP contribution in [0, 0.1) is 35.2 Å². The molecule has 1 N–H and O–H groups in total. The zero-order valence-electron chi connectivity index (χ0n) is 21.9. The molecule has 0 aliphatic carbocycles. The van der Waals surface area contributed by atoms with Gasteiger partial charge in [0.1, 0.15) is 23.3 Å². The number of likely N-dealkylation sites (tertiary alicyclic amines) is 1. The van der Waals surface area contributed by atoms with Gasteiger partial charge in [-0.25, -0.2) is 17.9 Å². The molecule has 2 fully saturated rings. The highest BCUT2D eigenvalue weighted by molar-refractivity contribution is 5.82. The summed E-state index contributed by atoms with van der Waals surface area (Å²) in [5, 5.41) is 15.9. The zero-order chi connectivity index (χ0) is 28.1. The molecule has 4 heterocycles. The Hall–Kier alpha value is -3.73. The molecule has 1 aromatic carbocycles. The maximum atomic E-state index is 14.9. The van der Waals surface area contributed by atoms with Crippen LogP contribution < -0.4 is 10.5 Å². The average Bonchev–Trinajstić information content (AvgIpc) is 3.33. The minimum atomic E-state index is -1.27. The summed E-state index contributed by atoms with van der Waals surface area (Å²) in [7, 11) is 1.52. The van der Waals surface area contributed by atoms with Gasteiger partial charge in [-0.15, -0.1) is 0 Å². The maximum Gasteiger partial charge on any atom is 0.266 e. The highest BCUT2D eigenvalue weighted by Crippen LogP contribution is 2.43. The van der Waals surface area contributed by atoms with Crippen molar-refractivity contribution in [2.24, 2.45) is 24.8 Å². The third-order valence-corrected chi connectivity index (χ3v) is 8.20. The number of nitrogens with zero attached hydrogens (tertiary/aromatic N) is 5. The predicted octanol–water partition coefficient (Wildman–Crippen LogP) is 2.81. The molecule has 11 heteroatoms. The lowest BCUT2D eigenvalue weighted by Gasteiger charge is -2.48. The van der Waals surface area contributed by atoms with Crippen molar-refractivity contribution in [1.29, 1.82) is 0 Å². The molecule has 3 aromatic rings. The van der Waals surface area contributed by atoms with Crippen molar-refractivity contribution < 1.29 is 23.1 Å². The third kappa shape index (κ3) is 4.80. The number of benzene rings is 1. The van der Waals surface area contributed by atoms with E-state index < -0.39 is 34.9 Å². The SMILES string of the molecule is C[C@@H]1CN(C(=O)[C@@H]2CN(c3ccc(=O)n(C)n3)C[C@H]2c2ncc(F)cc2F)C[C@H](C)[C@]1(O)c1ccc(F)cc1. The number of pyridine rings is 1. The van der Waals surface area contributed by atoms with E-state index in [9.17, 15) is 27.9 Å². The first-order valence-corrected chi connectivity index (χ1v) is 12.9. The second-order valence-corrected chi connectivity index (χ2v) is 10.7. The summed E-state index contributed by atoms with van der Waals surface area (Å²) in [5.74, 6) is -4.01. The number of amides is 1. The maximum absolute atomic E-state index is 14.9. The number of rotatable bonds is 4. The molecule has 0 unspecified atom stereocenters. The average molecular weight is 542 g/mol. The number of carbonyl (C=O) groups excluding carboxylic acids is 1. The number of aromatic nitrogens is 3. The number of anilines is 1. The summed E-state index contributed by atoms with van der Waals surface area (Å²) in [5.41, 5.74) is -0.991. The van der Waals surface area contributed by atoms with Crippen LogP contribution in [0.1, 0.15) is 31.0 Å². The fourth-order valence-electron chi connectivity index (χ4n) is 6.07. The van der Waals surface area contributed by atoms with Gasteiger partial charge in [0.2, 0.25) is 5.91 Å². The molecule has 5 atom stereocenters. The number of hydrogen-bond acceptors (Lipinski definition) is 6. The molecular formula is C28H30F3N5O3. The fourth-order valence-corrected chi connectivity index (χ4v) is 6.07. The number of halogens is 3. The molecule has 39 heavy (non-hydrogen) atoms. The summed E-state index contributed by atoms with van der Waals surface area (Å²) in [6, 6.07) is 9.41. The second kappa shape index (κ2) is 10.1. The number of aryl methyl sites for hydroxylation is 1. The lowest BCUT2D eigenvalue weighted by atomic mass is 9.70. The number of hydrogen-bond donors (Lipinski definition) is 1. The molecule has 0 saturated carbocycles. The Morgan fingerprint density at radius 1 is 0.974 bits per heavy atom. The first-order valence-electron chi connectivity index (χ1n) is 12.9. The Kier molecular flexibility index (Phi) is 6.96. The second-order valence-electron chi connectivity index (χ2n) is 10.7. The van der Waals surface area contributed by atoms with E-state index in [0.717, 1.165) is 12.3 Å². The molecule has 2 aliphatic rings. The van der Waals surface area contributed by atoms with E-state index in [2.05, 4.69) is 10.1 Å². The molecular weight excluding hydrogens is 511 g/mol. The van der Waals surface area contributed by atoms with Crippen LogP contribution >= 0.6 is 0 Å². The molecule has 0 bridgehead atoms. The molecule has 8 nitrogen and oxygen atoms in total. The summed E-state index contributed by atoms with van der Waals surface area (Å²) >= 11 is 0. The lowest BCUT2D eigenvalue weighted by molar-refractivity contribution is -0.152. The molecule has 206 valence electrons. The van der Waals surface area contributed by atoms with Gasteiger partial charge in [0.15, 0.2) is 0 Å². The highest BCUT2D eigenvalue weighted by Gasteiger charge is 2.49. The van der Waals surface area contributed by atoms with Gasteiger partial charge in [0, 0.05) is 63.1 Å². The standard InChI is InChI=1S/C28H30F3N5O3/c1-16-12-36(13-17(2)28(16,39)18-4-6-19(29)7-5-18)27(38)22-15-35(24-8-9-25(37)34(3)33-24)14-21(22)26-23(31)10-20(30)11-32-26/h4-11,16-17,21-22,39H,12-15H2,1-3H3/t16-,17+,21-,22-,28+/m1/s1. The van der Waals surface area contributed by atoms with E-state index >= 15 is 0 Å². The van der Waals surface area contributed by atoms with Crippen molar-refractivity contribution in [2.45, 2.75) is 25.4 Å².